The number of carbonyl (C=O) groups is 1. The first-order valence-electron chi connectivity index (χ1n) is 6.85. The summed E-state index contributed by atoms with van der Waals surface area (Å²) in [5, 5.41) is 4.18. The molecule has 6 heteroatoms. The topological polar surface area (TPSA) is 50.6 Å². The first kappa shape index (κ1) is 12.6. The maximum atomic E-state index is 12.3. The van der Waals surface area contributed by atoms with Crippen LogP contribution in [0.15, 0.2) is 12.3 Å². The lowest BCUT2D eigenvalue weighted by atomic mass is 10.2. The zero-order chi connectivity index (χ0) is 13.2. The van der Waals surface area contributed by atoms with Crippen LogP contribution in [0.3, 0.4) is 0 Å². The van der Waals surface area contributed by atoms with Gasteiger partial charge >= 0.3 is 0 Å². The van der Waals surface area contributed by atoms with E-state index >= 15 is 0 Å². The van der Waals surface area contributed by atoms with Gasteiger partial charge in [-0.15, -0.1) is 0 Å². The fourth-order valence-electron chi connectivity index (χ4n) is 2.86. The lowest BCUT2D eigenvalue weighted by Gasteiger charge is -2.31. The maximum Gasteiger partial charge on any atom is 0.274 e. The average molecular weight is 264 g/mol. The van der Waals surface area contributed by atoms with E-state index in [-0.39, 0.29) is 5.91 Å². The third-order valence-electron chi connectivity index (χ3n) is 3.95. The Morgan fingerprint density at radius 1 is 1.37 bits per heavy atom. The van der Waals surface area contributed by atoms with Crippen LogP contribution >= 0.6 is 0 Å². The van der Waals surface area contributed by atoms with Crippen LogP contribution in [0.4, 0.5) is 0 Å². The summed E-state index contributed by atoms with van der Waals surface area (Å²) >= 11 is 0. The highest BCUT2D eigenvalue weighted by Gasteiger charge is 2.32. The Morgan fingerprint density at radius 2 is 2.16 bits per heavy atom. The molecule has 0 aromatic carbocycles. The smallest absolute Gasteiger partial charge is 0.274 e. The minimum atomic E-state index is 0.0522. The first-order valence-corrected chi connectivity index (χ1v) is 6.85. The van der Waals surface area contributed by atoms with Crippen LogP contribution in [-0.2, 0) is 11.8 Å². The van der Waals surface area contributed by atoms with E-state index in [0.29, 0.717) is 11.7 Å². The van der Waals surface area contributed by atoms with E-state index in [2.05, 4.69) is 10.00 Å². The number of aryl methyl sites for hydroxylation is 1. The van der Waals surface area contributed by atoms with Gasteiger partial charge in [0.25, 0.3) is 5.91 Å². The van der Waals surface area contributed by atoms with Crippen molar-refractivity contribution in [1.82, 2.24) is 19.6 Å². The molecule has 2 saturated heterocycles. The fourth-order valence-corrected chi connectivity index (χ4v) is 2.86. The van der Waals surface area contributed by atoms with Crippen molar-refractivity contribution >= 4 is 5.91 Å². The molecule has 3 rings (SSSR count). The number of hydrogen-bond acceptors (Lipinski definition) is 4. The van der Waals surface area contributed by atoms with Crippen LogP contribution in [0.2, 0.25) is 0 Å². The summed E-state index contributed by atoms with van der Waals surface area (Å²) in [6, 6.07) is 2.27. The Hall–Kier alpha value is -1.40. The molecule has 0 saturated carbocycles. The van der Waals surface area contributed by atoms with E-state index in [4.69, 9.17) is 4.74 Å². The maximum absolute atomic E-state index is 12.3. The van der Waals surface area contributed by atoms with E-state index in [0.717, 1.165) is 45.8 Å². The van der Waals surface area contributed by atoms with Gasteiger partial charge in [-0.2, -0.15) is 5.10 Å². The molecule has 2 aliphatic rings. The number of rotatable bonds is 2. The number of hydrogen-bond donors (Lipinski definition) is 0. The van der Waals surface area contributed by atoms with Gasteiger partial charge in [0.2, 0.25) is 0 Å². The second-order valence-electron chi connectivity index (χ2n) is 5.22. The van der Waals surface area contributed by atoms with Crippen molar-refractivity contribution in [2.75, 3.05) is 39.4 Å². The molecule has 1 atom stereocenters. The van der Waals surface area contributed by atoms with Crippen LogP contribution in [0.25, 0.3) is 0 Å². The minimum Gasteiger partial charge on any atom is -0.379 e. The number of amides is 1. The third-order valence-corrected chi connectivity index (χ3v) is 3.95. The largest absolute Gasteiger partial charge is 0.379 e. The summed E-state index contributed by atoms with van der Waals surface area (Å²) in [6.45, 7) is 5.23. The summed E-state index contributed by atoms with van der Waals surface area (Å²) in [7, 11) is 1.83. The lowest BCUT2D eigenvalue weighted by molar-refractivity contribution is 0.0185. The molecule has 2 fully saturated rings. The van der Waals surface area contributed by atoms with Crippen molar-refractivity contribution in [3.8, 4) is 0 Å². The highest BCUT2D eigenvalue weighted by molar-refractivity contribution is 5.92. The van der Waals surface area contributed by atoms with Gasteiger partial charge in [-0.25, -0.2) is 0 Å². The molecule has 0 aliphatic carbocycles. The van der Waals surface area contributed by atoms with E-state index in [1.165, 1.54) is 0 Å². The monoisotopic (exact) mass is 264 g/mol. The minimum absolute atomic E-state index is 0.0522. The van der Waals surface area contributed by atoms with Crippen molar-refractivity contribution in [2.24, 2.45) is 7.05 Å². The summed E-state index contributed by atoms with van der Waals surface area (Å²) < 4.78 is 7.04. The second kappa shape index (κ2) is 5.30. The van der Waals surface area contributed by atoms with Gasteiger partial charge in [0.05, 0.1) is 13.2 Å². The van der Waals surface area contributed by atoms with Crippen molar-refractivity contribution in [1.29, 1.82) is 0 Å². The second-order valence-corrected chi connectivity index (χ2v) is 5.22. The van der Waals surface area contributed by atoms with Crippen molar-refractivity contribution in [3.63, 3.8) is 0 Å². The van der Waals surface area contributed by atoms with Gasteiger partial charge in [0.1, 0.15) is 5.69 Å². The Bertz CT molecular complexity index is 453. The van der Waals surface area contributed by atoms with E-state index < -0.39 is 0 Å². The predicted octanol–water partition coefficient (Wildman–Crippen LogP) is -0.0332. The van der Waals surface area contributed by atoms with Gasteiger partial charge in [-0.1, -0.05) is 0 Å². The molecule has 0 bridgehead atoms. The Labute approximate surface area is 112 Å². The molecular weight excluding hydrogens is 244 g/mol. The molecule has 6 nitrogen and oxygen atoms in total. The number of ether oxygens (including phenoxy) is 1. The Morgan fingerprint density at radius 3 is 2.84 bits per heavy atom. The van der Waals surface area contributed by atoms with Crippen LogP contribution in [0.5, 0.6) is 0 Å². The zero-order valence-corrected chi connectivity index (χ0v) is 11.3. The highest BCUT2D eigenvalue weighted by atomic mass is 16.5. The third kappa shape index (κ3) is 2.64. The fraction of sp³-hybridized carbons (Fsp3) is 0.692. The van der Waals surface area contributed by atoms with E-state index in [9.17, 15) is 4.79 Å². The van der Waals surface area contributed by atoms with Crippen LogP contribution < -0.4 is 0 Å². The Kier molecular flexibility index (Phi) is 3.52. The van der Waals surface area contributed by atoms with Crippen LogP contribution in [0.1, 0.15) is 16.9 Å². The average Bonchev–Trinajstić information content (AvgIpc) is 3.08. The SMILES string of the molecule is Cn1ccc(C(=O)N2CCC(N3CCOCC3)C2)n1. The van der Waals surface area contributed by atoms with Crippen molar-refractivity contribution in [2.45, 2.75) is 12.5 Å². The summed E-state index contributed by atoms with van der Waals surface area (Å²) in [5.74, 6) is 0.0522. The van der Waals surface area contributed by atoms with Gasteiger partial charge in [0, 0.05) is 45.5 Å². The first-order chi connectivity index (χ1) is 9.24. The molecule has 3 heterocycles. The lowest BCUT2D eigenvalue weighted by Crippen LogP contribution is -2.45. The Balaban J connectivity index is 1.60. The molecular formula is C13H20N4O2. The van der Waals surface area contributed by atoms with Gasteiger partial charge < -0.3 is 9.64 Å². The number of carbonyl (C=O) groups excluding carboxylic acids is 1. The summed E-state index contributed by atoms with van der Waals surface area (Å²) in [5.41, 5.74) is 0.546. The molecule has 1 amide bonds. The molecule has 1 aromatic heterocycles. The number of aromatic nitrogens is 2. The van der Waals surface area contributed by atoms with Crippen molar-refractivity contribution in [3.05, 3.63) is 18.0 Å². The van der Waals surface area contributed by atoms with Gasteiger partial charge in [-0.05, 0) is 12.5 Å². The summed E-state index contributed by atoms with van der Waals surface area (Å²) in [4.78, 5) is 16.7. The van der Waals surface area contributed by atoms with Crippen LogP contribution in [0, 0.1) is 0 Å². The van der Waals surface area contributed by atoms with Crippen molar-refractivity contribution < 1.29 is 9.53 Å². The van der Waals surface area contributed by atoms with Gasteiger partial charge in [0.15, 0.2) is 0 Å². The molecule has 104 valence electrons. The number of morpholine rings is 1. The van der Waals surface area contributed by atoms with E-state index in [1.54, 1.807) is 10.7 Å². The molecule has 1 unspecified atom stereocenters. The molecule has 0 spiro atoms. The molecule has 0 N–H and O–H groups in total. The van der Waals surface area contributed by atoms with Gasteiger partial charge in [-0.3, -0.25) is 14.4 Å². The quantitative estimate of drug-likeness (QED) is 0.752. The van der Waals surface area contributed by atoms with E-state index in [1.807, 2.05) is 18.1 Å². The highest BCUT2D eigenvalue weighted by Crippen LogP contribution is 2.18. The molecule has 0 radical (unpaired) electrons. The zero-order valence-electron chi connectivity index (χ0n) is 11.3. The standard InChI is InChI=1S/C13H20N4O2/c1-15-4-3-12(14-15)13(18)17-5-2-11(10-17)16-6-8-19-9-7-16/h3-4,11H,2,5-10H2,1H3. The predicted molar refractivity (Wildman–Crippen MR) is 69.9 cm³/mol. The summed E-state index contributed by atoms with van der Waals surface area (Å²) in [6.07, 6.45) is 2.86. The van der Waals surface area contributed by atoms with Crippen LogP contribution in [-0.4, -0.2) is 70.9 Å². The number of nitrogens with zero attached hydrogens (tertiary/aromatic N) is 4. The molecule has 2 aliphatic heterocycles. The molecule has 19 heavy (non-hydrogen) atoms. The number of likely N-dealkylation sites (tertiary alicyclic amines) is 1. The molecule has 1 aromatic rings. The normalized spacial score (nSPS) is 24.9.